The van der Waals surface area contributed by atoms with Crippen molar-refractivity contribution in [3.63, 3.8) is 0 Å². The molecular weight excluding hydrogens is 260 g/mol. The number of hydrogen-bond donors (Lipinski definition) is 2. The minimum absolute atomic E-state index is 0.288. The lowest BCUT2D eigenvalue weighted by Gasteiger charge is -2.16. The zero-order chi connectivity index (χ0) is 14.6. The number of nitrogens with one attached hydrogen (secondary N) is 1. The zero-order valence-electron chi connectivity index (χ0n) is 12.2. The molecule has 4 nitrogen and oxygen atoms in total. The van der Waals surface area contributed by atoms with Crippen LogP contribution in [0.4, 0.5) is 5.69 Å². The highest BCUT2D eigenvalue weighted by molar-refractivity contribution is 7.89. The molecule has 0 aliphatic rings. The number of nitrogen functional groups attached to an aromatic ring is 1. The molecule has 0 bridgehead atoms. The third-order valence-electron chi connectivity index (χ3n) is 3.55. The Morgan fingerprint density at radius 1 is 1.21 bits per heavy atom. The average molecular weight is 284 g/mol. The molecule has 0 spiro atoms. The van der Waals surface area contributed by atoms with E-state index in [4.69, 9.17) is 5.73 Å². The predicted molar refractivity (Wildman–Crippen MR) is 79.6 cm³/mol. The maximum absolute atomic E-state index is 12.3. The Hall–Kier alpha value is -1.07. The lowest BCUT2D eigenvalue weighted by molar-refractivity contribution is 0.479. The minimum atomic E-state index is -3.48. The maximum Gasteiger partial charge on any atom is 0.240 e. The van der Waals surface area contributed by atoms with Crippen molar-refractivity contribution in [2.45, 2.75) is 45.4 Å². The van der Waals surface area contributed by atoms with Crippen molar-refractivity contribution >= 4 is 15.7 Å². The van der Waals surface area contributed by atoms with Gasteiger partial charge in [0, 0.05) is 12.2 Å². The Bertz CT molecular complexity index is 535. The van der Waals surface area contributed by atoms with Gasteiger partial charge in [-0.05, 0) is 43.0 Å². The molecular formula is C14H24N2O2S. The second kappa shape index (κ2) is 6.39. The lowest BCUT2D eigenvalue weighted by Crippen LogP contribution is -2.29. The smallest absolute Gasteiger partial charge is 0.240 e. The molecule has 0 fully saturated rings. The second-order valence-corrected chi connectivity index (χ2v) is 6.75. The molecule has 0 atom stereocenters. The van der Waals surface area contributed by atoms with Crippen molar-refractivity contribution < 1.29 is 8.42 Å². The molecule has 0 radical (unpaired) electrons. The van der Waals surface area contributed by atoms with Gasteiger partial charge in [0.1, 0.15) is 0 Å². The minimum Gasteiger partial charge on any atom is -0.398 e. The van der Waals surface area contributed by atoms with E-state index in [2.05, 4.69) is 18.6 Å². The molecule has 0 aliphatic carbocycles. The fourth-order valence-corrected chi connectivity index (χ4v) is 3.49. The Morgan fingerprint density at radius 2 is 1.79 bits per heavy atom. The second-order valence-electron chi connectivity index (χ2n) is 5.01. The van der Waals surface area contributed by atoms with Crippen LogP contribution >= 0.6 is 0 Å². The number of rotatable bonds is 6. The maximum atomic E-state index is 12.3. The molecule has 3 N–H and O–H groups in total. The fourth-order valence-electron chi connectivity index (χ4n) is 2.01. The van der Waals surface area contributed by atoms with Crippen LogP contribution in [0.15, 0.2) is 17.0 Å². The number of nitrogens with two attached hydrogens (primary N) is 1. The SMILES string of the molecule is CCC(CC)CNS(=O)(=O)c1cc(C)cc(N)c1C. The molecule has 0 saturated heterocycles. The van der Waals surface area contributed by atoms with E-state index in [-0.39, 0.29) is 4.90 Å². The van der Waals surface area contributed by atoms with E-state index in [9.17, 15) is 8.42 Å². The topological polar surface area (TPSA) is 72.2 Å². The summed E-state index contributed by atoms with van der Waals surface area (Å²) < 4.78 is 27.3. The zero-order valence-corrected chi connectivity index (χ0v) is 13.0. The molecule has 0 aliphatic heterocycles. The van der Waals surface area contributed by atoms with Crippen LogP contribution in [0.3, 0.4) is 0 Å². The molecule has 0 aromatic heterocycles. The van der Waals surface area contributed by atoms with Gasteiger partial charge < -0.3 is 5.73 Å². The van der Waals surface area contributed by atoms with Gasteiger partial charge in [0.2, 0.25) is 10.0 Å². The van der Waals surface area contributed by atoms with E-state index < -0.39 is 10.0 Å². The van der Waals surface area contributed by atoms with Crippen molar-refractivity contribution in [3.05, 3.63) is 23.3 Å². The van der Waals surface area contributed by atoms with Crippen molar-refractivity contribution in [3.8, 4) is 0 Å². The Labute approximate surface area is 116 Å². The van der Waals surface area contributed by atoms with E-state index in [1.165, 1.54) is 0 Å². The van der Waals surface area contributed by atoms with Gasteiger partial charge in [0.25, 0.3) is 0 Å². The van der Waals surface area contributed by atoms with Gasteiger partial charge in [-0.1, -0.05) is 26.7 Å². The van der Waals surface area contributed by atoms with Crippen LogP contribution in [-0.4, -0.2) is 15.0 Å². The normalized spacial score (nSPS) is 12.1. The molecule has 0 saturated carbocycles. The van der Waals surface area contributed by atoms with Crippen molar-refractivity contribution in [1.29, 1.82) is 0 Å². The number of sulfonamides is 1. The standard InChI is InChI=1S/C14H24N2O2S/c1-5-12(6-2)9-16-19(17,18)14-8-10(3)7-13(15)11(14)4/h7-8,12,16H,5-6,9,15H2,1-4H3. The molecule has 1 rings (SSSR count). The first-order chi connectivity index (χ1) is 8.81. The number of benzene rings is 1. The Balaban J connectivity index is 3.01. The molecule has 0 heterocycles. The average Bonchev–Trinajstić information content (AvgIpc) is 2.34. The summed E-state index contributed by atoms with van der Waals surface area (Å²) in [6.07, 6.45) is 1.93. The first kappa shape index (κ1) is 16.0. The van der Waals surface area contributed by atoms with Crippen LogP contribution in [0.1, 0.15) is 37.8 Å². The molecule has 108 valence electrons. The van der Waals surface area contributed by atoms with Gasteiger partial charge in [0.05, 0.1) is 4.90 Å². The summed E-state index contributed by atoms with van der Waals surface area (Å²) in [5, 5.41) is 0. The van der Waals surface area contributed by atoms with Crippen LogP contribution in [0.5, 0.6) is 0 Å². The van der Waals surface area contributed by atoms with Crippen LogP contribution in [0.2, 0.25) is 0 Å². The van der Waals surface area contributed by atoms with Gasteiger partial charge in [-0.25, -0.2) is 13.1 Å². The third kappa shape index (κ3) is 3.94. The van der Waals surface area contributed by atoms with Crippen molar-refractivity contribution in [2.75, 3.05) is 12.3 Å². The van der Waals surface area contributed by atoms with Crippen molar-refractivity contribution in [2.24, 2.45) is 5.92 Å². The van der Waals surface area contributed by atoms with E-state index in [0.717, 1.165) is 18.4 Å². The summed E-state index contributed by atoms with van der Waals surface area (Å²) in [5.41, 5.74) is 7.82. The highest BCUT2D eigenvalue weighted by Gasteiger charge is 2.19. The monoisotopic (exact) mass is 284 g/mol. The Morgan fingerprint density at radius 3 is 2.32 bits per heavy atom. The highest BCUT2D eigenvalue weighted by atomic mass is 32.2. The quantitative estimate of drug-likeness (QED) is 0.789. The van der Waals surface area contributed by atoms with Crippen LogP contribution in [-0.2, 0) is 10.0 Å². The molecule has 19 heavy (non-hydrogen) atoms. The molecule has 1 aromatic rings. The molecule has 5 heteroatoms. The van der Waals surface area contributed by atoms with Gasteiger partial charge >= 0.3 is 0 Å². The Kier molecular flexibility index (Phi) is 5.38. The molecule has 1 aromatic carbocycles. The van der Waals surface area contributed by atoms with E-state index in [1.807, 2.05) is 6.92 Å². The molecule has 0 amide bonds. The number of aryl methyl sites for hydroxylation is 1. The van der Waals surface area contributed by atoms with E-state index >= 15 is 0 Å². The summed E-state index contributed by atoms with van der Waals surface area (Å²) in [7, 11) is -3.48. The largest absolute Gasteiger partial charge is 0.398 e. The van der Waals surface area contributed by atoms with Gasteiger partial charge in [0.15, 0.2) is 0 Å². The third-order valence-corrected chi connectivity index (χ3v) is 5.10. The molecule has 0 unspecified atom stereocenters. The summed E-state index contributed by atoms with van der Waals surface area (Å²) in [6, 6.07) is 3.45. The summed E-state index contributed by atoms with van der Waals surface area (Å²) >= 11 is 0. The first-order valence-electron chi connectivity index (χ1n) is 6.68. The first-order valence-corrected chi connectivity index (χ1v) is 8.16. The van der Waals surface area contributed by atoms with E-state index in [0.29, 0.717) is 23.7 Å². The van der Waals surface area contributed by atoms with Crippen LogP contribution < -0.4 is 10.5 Å². The fraction of sp³-hybridized carbons (Fsp3) is 0.571. The van der Waals surface area contributed by atoms with Gasteiger partial charge in [-0.15, -0.1) is 0 Å². The van der Waals surface area contributed by atoms with Gasteiger partial charge in [-0.2, -0.15) is 0 Å². The highest BCUT2D eigenvalue weighted by Crippen LogP contribution is 2.23. The number of anilines is 1. The summed E-state index contributed by atoms with van der Waals surface area (Å²) in [6.45, 7) is 8.19. The lowest BCUT2D eigenvalue weighted by atomic mass is 10.0. The van der Waals surface area contributed by atoms with Crippen LogP contribution in [0, 0.1) is 19.8 Å². The summed E-state index contributed by atoms with van der Waals surface area (Å²) in [5.74, 6) is 0.372. The van der Waals surface area contributed by atoms with E-state index in [1.54, 1.807) is 19.1 Å². The summed E-state index contributed by atoms with van der Waals surface area (Å²) in [4.78, 5) is 0.288. The number of hydrogen-bond acceptors (Lipinski definition) is 3. The predicted octanol–water partition coefficient (Wildman–Crippen LogP) is 2.60. The van der Waals surface area contributed by atoms with Crippen LogP contribution in [0.25, 0.3) is 0 Å². The van der Waals surface area contributed by atoms with Crippen molar-refractivity contribution in [1.82, 2.24) is 4.72 Å². The van der Waals surface area contributed by atoms with Gasteiger partial charge in [-0.3, -0.25) is 0 Å².